The van der Waals surface area contributed by atoms with E-state index in [1.165, 1.54) is 5.56 Å². The van der Waals surface area contributed by atoms with Gasteiger partial charge in [-0.3, -0.25) is 4.68 Å². The Hall–Kier alpha value is -1.61. The lowest BCUT2D eigenvalue weighted by atomic mass is 10.0. The Labute approximate surface area is 108 Å². The monoisotopic (exact) mass is 244 g/mol. The lowest BCUT2D eigenvalue weighted by molar-refractivity contribution is 0.209. The molecule has 0 radical (unpaired) electrons. The fraction of sp³-hybridized carbons (Fsp3) is 0.400. The highest BCUT2D eigenvalue weighted by Crippen LogP contribution is 2.23. The molecule has 0 amide bonds. The van der Waals surface area contributed by atoms with E-state index >= 15 is 0 Å². The molecule has 0 spiro atoms. The first-order chi connectivity index (χ1) is 8.61. The summed E-state index contributed by atoms with van der Waals surface area (Å²) in [5, 5.41) is 14.7. The molecule has 3 heteroatoms. The summed E-state index contributed by atoms with van der Waals surface area (Å²) in [6.45, 7) is 4.09. The highest BCUT2D eigenvalue weighted by molar-refractivity contribution is 5.30. The van der Waals surface area contributed by atoms with Gasteiger partial charge in [-0.1, -0.05) is 37.6 Å². The maximum Gasteiger partial charge on any atom is 0.121 e. The van der Waals surface area contributed by atoms with Crippen LogP contribution in [-0.2, 0) is 13.5 Å². The van der Waals surface area contributed by atoms with Gasteiger partial charge in [0.05, 0.1) is 11.4 Å². The van der Waals surface area contributed by atoms with E-state index in [1.54, 1.807) is 4.68 Å². The van der Waals surface area contributed by atoms with Crippen molar-refractivity contribution in [1.29, 1.82) is 0 Å². The van der Waals surface area contributed by atoms with Crippen LogP contribution in [0.3, 0.4) is 0 Å². The zero-order valence-corrected chi connectivity index (χ0v) is 11.2. The van der Waals surface area contributed by atoms with Crippen LogP contribution in [-0.4, -0.2) is 14.9 Å². The second-order valence-corrected chi connectivity index (χ2v) is 4.73. The smallest absolute Gasteiger partial charge is 0.121 e. The number of aliphatic hydroxyl groups excluding tert-OH is 1. The molecule has 1 atom stereocenters. The minimum absolute atomic E-state index is 0.604. The quantitative estimate of drug-likeness (QED) is 0.898. The van der Waals surface area contributed by atoms with Crippen molar-refractivity contribution >= 4 is 0 Å². The van der Waals surface area contributed by atoms with E-state index < -0.39 is 6.10 Å². The average Bonchev–Trinajstić information content (AvgIpc) is 2.68. The van der Waals surface area contributed by atoms with Crippen molar-refractivity contribution in [2.24, 2.45) is 7.05 Å². The Balaban J connectivity index is 2.30. The van der Waals surface area contributed by atoms with E-state index in [0.29, 0.717) is 0 Å². The van der Waals surface area contributed by atoms with Crippen LogP contribution in [0.4, 0.5) is 0 Å². The summed E-state index contributed by atoms with van der Waals surface area (Å²) in [6.07, 6.45) is 1.56. The standard InChI is InChI=1S/C15H20N2O/c1-4-6-12-7-5-8-13(10-12)15(18)14-9-11(2)16-17(14)3/h5,7-10,15,18H,4,6H2,1-3H3. The molecule has 1 heterocycles. The van der Waals surface area contributed by atoms with E-state index in [0.717, 1.165) is 29.8 Å². The number of aromatic nitrogens is 2. The molecule has 18 heavy (non-hydrogen) atoms. The third-order valence-corrected chi connectivity index (χ3v) is 3.12. The number of rotatable bonds is 4. The number of nitrogens with zero attached hydrogens (tertiary/aromatic N) is 2. The molecule has 0 fully saturated rings. The van der Waals surface area contributed by atoms with Crippen LogP contribution in [0.25, 0.3) is 0 Å². The minimum Gasteiger partial charge on any atom is -0.382 e. The molecule has 0 saturated heterocycles. The summed E-state index contributed by atoms with van der Waals surface area (Å²) in [6, 6.07) is 10.1. The first kappa shape index (κ1) is 12.8. The van der Waals surface area contributed by atoms with E-state index in [-0.39, 0.29) is 0 Å². The third kappa shape index (κ3) is 2.62. The molecule has 1 N–H and O–H groups in total. The fourth-order valence-corrected chi connectivity index (χ4v) is 2.26. The van der Waals surface area contributed by atoms with Crippen molar-refractivity contribution in [2.75, 3.05) is 0 Å². The molecule has 0 aliphatic carbocycles. The molecule has 1 unspecified atom stereocenters. The van der Waals surface area contributed by atoms with E-state index in [4.69, 9.17) is 0 Å². The summed E-state index contributed by atoms with van der Waals surface area (Å²) in [5.74, 6) is 0. The molecule has 96 valence electrons. The zero-order chi connectivity index (χ0) is 13.1. The van der Waals surface area contributed by atoms with Crippen LogP contribution < -0.4 is 0 Å². The molecular weight excluding hydrogens is 224 g/mol. The maximum absolute atomic E-state index is 10.4. The van der Waals surface area contributed by atoms with Gasteiger partial charge in [0.25, 0.3) is 0 Å². The predicted octanol–water partition coefficient (Wildman–Crippen LogP) is 2.76. The molecule has 0 bridgehead atoms. The van der Waals surface area contributed by atoms with Gasteiger partial charge in [0.2, 0.25) is 0 Å². The molecule has 2 rings (SSSR count). The molecule has 0 aliphatic rings. The highest BCUT2D eigenvalue weighted by Gasteiger charge is 2.15. The summed E-state index contributed by atoms with van der Waals surface area (Å²) in [7, 11) is 1.86. The lowest BCUT2D eigenvalue weighted by Gasteiger charge is -2.12. The SMILES string of the molecule is CCCc1cccc(C(O)c2cc(C)nn2C)c1. The summed E-state index contributed by atoms with van der Waals surface area (Å²) < 4.78 is 1.74. The van der Waals surface area contributed by atoms with Crippen LogP contribution in [0.1, 0.15) is 42.0 Å². The Morgan fingerprint density at radius 2 is 2.11 bits per heavy atom. The van der Waals surface area contributed by atoms with Crippen molar-refractivity contribution in [1.82, 2.24) is 9.78 Å². The summed E-state index contributed by atoms with van der Waals surface area (Å²) >= 11 is 0. The van der Waals surface area contributed by atoms with Gasteiger partial charge in [-0.2, -0.15) is 5.10 Å². The second kappa shape index (κ2) is 5.36. The first-order valence-corrected chi connectivity index (χ1v) is 6.39. The molecule has 1 aromatic carbocycles. The van der Waals surface area contributed by atoms with E-state index in [9.17, 15) is 5.11 Å². The number of aliphatic hydroxyl groups is 1. The Kier molecular flexibility index (Phi) is 3.82. The van der Waals surface area contributed by atoms with Gasteiger partial charge in [-0.15, -0.1) is 0 Å². The largest absolute Gasteiger partial charge is 0.382 e. The molecule has 0 saturated carbocycles. The van der Waals surface area contributed by atoms with Crippen molar-refractivity contribution in [3.8, 4) is 0 Å². The van der Waals surface area contributed by atoms with Gasteiger partial charge in [0, 0.05) is 7.05 Å². The normalized spacial score (nSPS) is 12.7. The summed E-state index contributed by atoms with van der Waals surface area (Å²) in [4.78, 5) is 0. The number of hydrogen-bond acceptors (Lipinski definition) is 2. The Bertz CT molecular complexity index is 531. The van der Waals surface area contributed by atoms with Crippen molar-refractivity contribution in [3.05, 3.63) is 52.8 Å². The minimum atomic E-state index is -0.604. The van der Waals surface area contributed by atoms with Gasteiger partial charge in [-0.05, 0) is 30.5 Å². The van der Waals surface area contributed by atoms with E-state index in [1.807, 2.05) is 32.2 Å². The molecular formula is C15H20N2O. The first-order valence-electron chi connectivity index (χ1n) is 6.39. The van der Waals surface area contributed by atoms with Crippen LogP contribution in [0, 0.1) is 6.92 Å². The van der Waals surface area contributed by atoms with Crippen LogP contribution in [0.5, 0.6) is 0 Å². The average molecular weight is 244 g/mol. The van der Waals surface area contributed by atoms with Gasteiger partial charge >= 0.3 is 0 Å². The fourth-order valence-electron chi connectivity index (χ4n) is 2.26. The van der Waals surface area contributed by atoms with E-state index in [2.05, 4.69) is 24.2 Å². The van der Waals surface area contributed by atoms with Crippen LogP contribution in [0.2, 0.25) is 0 Å². The van der Waals surface area contributed by atoms with Gasteiger partial charge < -0.3 is 5.11 Å². The zero-order valence-electron chi connectivity index (χ0n) is 11.2. The number of benzene rings is 1. The van der Waals surface area contributed by atoms with Gasteiger partial charge in [-0.25, -0.2) is 0 Å². The highest BCUT2D eigenvalue weighted by atomic mass is 16.3. The predicted molar refractivity (Wildman–Crippen MR) is 72.4 cm³/mol. The lowest BCUT2D eigenvalue weighted by Crippen LogP contribution is -2.06. The Morgan fingerprint density at radius 3 is 2.72 bits per heavy atom. The number of aryl methyl sites for hydroxylation is 3. The Morgan fingerprint density at radius 1 is 1.33 bits per heavy atom. The molecule has 3 nitrogen and oxygen atoms in total. The number of hydrogen-bond donors (Lipinski definition) is 1. The summed E-state index contributed by atoms with van der Waals surface area (Å²) in [5.41, 5.74) is 3.97. The maximum atomic E-state index is 10.4. The van der Waals surface area contributed by atoms with Crippen molar-refractivity contribution < 1.29 is 5.11 Å². The van der Waals surface area contributed by atoms with Crippen molar-refractivity contribution in [3.63, 3.8) is 0 Å². The van der Waals surface area contributed by atoms with Crippen LogP contribution in [0.15, 0.2) is 30.3 Å². The topological polar surface area (TPSA) is 38.1 Å². The second-order valence-electron chi connectivity index (χ2n) is 4.73. The van der Waals surface area contributed by atoms with Crippen molar-refractivity contribution in [2.45, 2.75) is 32.8 Å². The molecule has 0 aliphatic heterocycles. The van der Waals surface area contributed by atoms with Crippen LogP contribution >= 0.6 is 0 Å². The molecule has 2 aromatic rings. The van der Waals surface area contributed by atoms with Gasteiger partial charge in [0.1, 0.15) is 6.10 Å². The third-order valence-electron chi connectivity index (χ3n) is 3.12. The van der Waals surface area contributed by atoms with Gasteiger partial charge in [0.15, 0.2) is 0 Å². The molecule has 1 aromatic heterocycles.